The Balaban J connectivity index is 1.95. The van der Waals surface area contributed by atoms with E-state index in [9.17, 15) is 0 Å². The van der Waals surface area contributed by atoms with Crippen LogP contribution in [0.3, 0.4) is 0 Å². The molecule has 1 atom stereocenters. The SMILES string of the molecule is COc1ccc(CN=C(N)NCC(c2cccs2)N(C)C)cc1OC. The van der Waals surface area contributed by atoms with Gasteiger partial charge in [0.1, 0.15) is 0 Å². The number of thiophene rings is 1. The maximum absolute atomic E-state index is 6.02. The Labute approximate surface area is 153 Å². The van der Waals surface area contributed by atoms with Crippen molar-refractivity contribution in [1.29, 1.82) is 0 Å². The standard InChI is InChI=1S/C18H26N4O2S/c1-22(2)14(17-6-5-9-25-17)12-21-18(19)20-11-13-7-8-15(23-3)16(10-13)24-4/h5-10,14H,11-12H2,1-4H3,(H3,19,20,21). The maximum atomic E-state index is 6.02. The Morgan fingerprint density at radius 3 is 2.60 bits per heavy atom. The molecule has 3 N–H and O–H groups in total. The Bertz CT molecular complexity index is 686. The maximum Gasteiger partial charge on any atom is 0.188 e. The van der Waals surface area contributed by atoms with E-state index in [-0.39, 0.29) is 6.04 Å². The summed E-state index contributed by atoms with van der Waals surface area (Å²) in [5.74, 6) is 1.82. The van der Waals surface area contributed by atoms with Gasteiger partial charge < -0.3 is 25.4 Å². The fourth-order valence-electron chi connectivity index (χ4n) is 2.43. The second kappa shape index (κ2) is 9.29. The van der Waals surface area contributed by atoms with Gasteiger partial charge in [0.15, 0.2) is 17.5 Å². The third-order valence-electron chi connectivity index (χ3n) is 3.85. The van der Waals surface area contributed by atoms with Crippen LogP contribution < -0.4 is 20.5 Å². The van der Waals surface area contributed by atoms with Gasteiger partial charge in [0.25, 0.3) is 0 Å². The van der Waals surface area contributed by atoms with E-state index in [0.717, 1.165) is 5.56 Å². The summed E-state index contributed by atoms with van der Waals surface area (Å²) in [6, 6.07) is 10.2. The number of ether oxygens (including phenoxy) is 2. The van der Waals surface area contributed by atoms with Crippen molar-refractivity contribution in [3.05, 3.63) is 46.2 Å². The van der Waals surface area contributed by atoms with E-state index in [0.29, 0.717) is 30.5 Å². The van der Waals surface area contributed by atoms with Crippen LogP contribution in [0.1, 0.15) is 16.5 Å². The second-order valence-corrected chi connectivity index (χ2v) is 6.75. The van der Waals surface area contributed by atoms with Crippen molar-refractivity contribution in [3.8, 4) is 11.5 Å². The molecule has 0 bridgehead atoms. The smallest absolute Gasteiger partial charge is 0.188 e. The molecule has 0 fully saturated rings. The summed E-state index contributed by atoms with van der Waals surface area (Å²) in [7, 11) is 7.35. The number of hydrogen-bond donors (Lipinski definition) is 2. The van der Waals surface area contributed by atoms with E-state index in [2.05, 4.69) is 46.8 Å². The van der Waals surface area contributed by atoms with Gasteiger partial charge in [-0.1, -0.05) is 12.1 Å². The molecule has 0 saturated heterocycles. The summed E-state index contributed by atoms with van der Waals surface area (Å²) in [5, 5.41) is 5.29. The van der Waals surface area contributed by atoms with E-state index < -0.39 is 0 Å². The fourth-order valence-corrected chi connectivity index (χ4v) is 3.35. The van der Waals surface area contributed by atoms with Gasteiger partial charge in [-0.2, -0.15) is 0 Å². The number of guanidine groups is 1. The molecule has 0 aliphatic heterocycles. The number of nitrogens with zero attached hydrogens (tertiary/aromatic N) is 2. The highest BCUT2D eigenvalue weighted by Gasteiger charge is 2.15. The Morgan fingerprint density at radius 1 is 1.24 bits per heavy atom. The highest BCUT2D eigenvalue weighted by atomic mass is 32.1. The molecule has 2 rings (SSSR count). The molecule has 136 valence electrons. The van der Waals surface area contributed by atoms with Crippen LogP contribution in [-0.4, -0.2) is 45.7 Å². The molecule has 1 aromatic heterocycles. The number of aliphatic imine (C=N–C) groups is 1. The van der Waals surface area contributed by atoms with Crippen LogP contribution in [0, 0.1) is 0 Å². The molecular formula is C18H26N4O2S. The van der Waals surface area contributed by atoms with Crippen molar-refractivity contribution in [1.82, 2.24) is 10.2 Å². The number of nitrogens with two attached hydrogens (primary N) is 1. The lowest BCUT2D eigenvalue weighted by Crippen LogP contribution is -2.38. The van der Waals surface area contributed by atoms with Crippen molar-refractivity contribution in [3.63, 3.8) is 0 Å². The zero-order valence-electron chi connectivity index (χ0n) is 15.2. The highest BCUT2D eigenvalue weighted by molar-refractivity contribution is 7.10. The number of hydrogen-bond acceptors (Lipinski definition) is 5. The Kier molecular flexibility index (Phi) is 7.09. The zero-order chi connectivity index (χ0) is 18.2. The molecule has 0 spiro atoms. The van der Waals surface area contributed by atoms with Gasteiger partial charge in [-0.15, -0.1) is 11.3 Å². The molecule has 1 heterocycles. The third kappa shape index (κ3) is 5.37. The minimum atomic E-state index is 0.259. The van der Waals surface area contributed by atoms with E-state index in [1.54, 1.807) is 25.6 Å². The topological polar surface area (TPSA) is 72.1 Å². The lowest BCUT2D eigenvalue weighted by atomic mass is 10.2. The first kappa shape index (κ1) is 19.1. The molecule has 2 aromatic rings. The van der Waals surface area contributed by atoms with E-state index in [1.165, 1.54) is 4.88 Å². The lowest BCUT2D eigenvalue weighted by molar-refractivity contribution is 0.303. The highest BCUT2D eigenvalue weighted by Crippen LogP contribution is 2.27. The molecule has 1 aromatic carbocycles. The largest absolute Gasteiger partial charge is 0.493 e. The molecule has 0 radical (unpaired) electrons. The number of likely N-dealkylation sites (N-methyl/N-ethyl adjacent to an activating group) is 1. The van der Waals surface area contributed by atoms with E-state index in [4.69, 9.17) is 15.2 Å². The zero-order valence-corrected chi connectivity index (χ0v) is 16.0. The van der Waals surface area contributed by atoms with Gasteiger partial charge >= 0.3 is 0 Å². The minimum Gasteiger partial charge on any atom is -0.493 e. The molecule has 0 aliphatic carbocycles. The van der Waals surface area contributed by atoms with Gasteiger partial charge in [0.05, 0.1) is 26.8 Å². The Hall–Kier alpha value is -2.25. The van der Waals surface area contributed by atoms with Gasteiger partial charge in [-0.3, -0.25) is 0 Å². The fraction of sp³-hybridized carbons (Fsp3) is 0.389. The lowest BCUT2D eigenvalue weighted by Gasteiger charge is -2.23. The number of nitrogens with one attached hydrogen (secondary N) is 1. The summed E-state index contributed by atoms with van der Waals surface area (Å²) in [6.07, 6.45) is 0. The molecule has 7 heteroatoms. The summed E-state index contributed by atoms with van der Waals surface area (Å²) in [4.78, 5) is 7.87. The third-order valence-corrected chi connectivity index (χ3v) is 4.82. The van der Waals surface area contributed by atoms with Crippen LogP contribution in [0.15, 0.2) is 40.7 Å². The van der Waals surface area contributed by atoms with Crippen molar-refractivity contribution in [2.75, 3.05) is 34.9 Å². The van der Waals surface area contributed by atoms with Gasteiger partial charge in [-0.25, -0.2) is 4.99 Å². The summed E-state index contributed by atoms with van der Waals surface area (Å²) in [6.45, 7) is 1.18. The van der Waals surface area contributed by atoms with Gasteiger partial charge in [0.2, 0.25) is 0 Å². The van der Waals surface area contributed by atoms with Crippen LogP contribution in [-0.2, 0) is 6.54 Å². The average Bonchev–Trinajstić information content (AvgIpc) is 3.13. The molecule has 0 amide bonds. The predicted octanol–water partition coefficient (Wildman–Crippen LogP) is 2.47. The predicted molar refractivity (Wildman–Crippen MR) is 104 cm³/mol. The Morgan fingerprint density at radius 2 is 2.00 bits per heavy atom. The summed E-state index contributed by atoms with van der Waals surface area (Å²) < 4.78 is 10.5. The van der Waals surface area contributed by atoms with Crippen LogP contribution in [0.5, 0.6) is 11.5 Å². The van der Waals surface area contributed by atoms with Crippen molar-refractivity contribution in [2.24, 2.45) is 10.7 Å². The van der Waals surface area contributed by atoms with E-state index in [1.807, 2.05) is 18.2 Å². The number of benzene rings is 1. The molecule has 25 heavy (non-hydrogen) atoms. The van der Waals surface area contributed by atoms with Crippen LogP contribution in [0.2, 0.25) is 0 Å². The van der Waals surface area contributed by atoms with Crippen molar-refractivity contribution >= 4 is 17.3 Å². The first-order chi connectivity index (χ1) is 12.0. The minimum absolute atomic E-state index is 0.259. The van der Waals surface area contributed by atoms with Crippen LogP contribution in [0.4, 0.5) is 0 Å². The van der Waals surface area contributed by atoms with Gasteiger partial charge in [-0.05, 0) is 43.2 Å². The monoisotopic (exact) mass is 362 g/mol. The molecule has 0 aliphatic rings. The summed E-state index contributed by atoms with van der Waals surface area (Å²) in [5.41, 5.74) is 7.02. The van der Waals surface area contributed by atoms with Crippen molar-refractivity contribution < 1.29 is 9.47 Å². The average molecular weight is 362 g/mol. The first-order valence-corrected chi connectivity index (χ1v) is 8.87. The molecular weight excluding hydrogens is 336 g/mol. The number of rotatable bonds is 8. The molecule has 6 nitrogen and oxygen atoms in total. The first-order valence-electron chi connectivity index (χ1n) is 7.99. The second-order valence-electron chi connectivity index (χ2n) is 5.77. The summed E-state index contributed by atoms with van der Waals surface area (Å²) >= 11 is 1.74. The van der Waals surface area contributed by atoms with Crippen LogP contribution >= 0.6 is 11.3 Å². The van der Waals surface area contributed by atoms with Crippen LogP contribution in [0.25, 0.3) is 0 Å². The number of methoxy groups -OCH3 is 2. The van der Waals surface area contributed by atoms with Gasteiger partial charge in [0, 0.05) is 11.4 Å². The quantitative estimate of drug-likeness (QED) is 0.558. The molecule has 0 saturated carbocycles. The van der Waals surface area contributed by atoms with Crippen molar-refractivity contribution in [2.45, 2.75) is 12.6 Å². The molecule has 1 unspecified atom stereocenters. The normalized spacial score (nSPS) is 12.9. The van der Waals surface area contributed by atoms with E-state index >= 15 is 0 Å².